The first-order valence-corrected chi connectivity index (χ1v) is 8.56. The van der Waals surface area contributed by atoms with Crippen molar-refractivity contribution in [3.63, 3.8) is 0 Å². The number of carbonyl (C=O) groups is 1. The minimum Gasteiger partial charge on any atom is -0.377 e. The number of hydrogen-bond acceptors (Lipinski definition) is 3. The predicted molar refractivity (Wildman–Crippen MR) is 90.7 cm³/mol. The zero-order valence-corrected chi connectivity index (χ0v) is 14.9. The van der Waals surface area contributed by atoms with E-state index in [2.05, 4.69) is 21.2 Å². The molecule has 120 valence electrons. The third kappa shape index (κ3) is 2.14. The Morgan fingerprint density at radius 2 is 2.18 bits per heavy atom. The lowest BCUT2D eigenvalue weighted by Gasteiger charge is -2.65. The summed E-state index contributed by atoms with van der Waals surface area (Å²) in [5.41, 5.74) is 7.25. The summed E-state index contributed by atoms with van der Waals surface area (Å²) in [6, 6.07) is 5.79. The average Bonchev–Trinajstić information content (AvgIpc) is 2.50. The third-order valence-corrected chi connectivity index (χ3v) is 6.34. The molecule has 1 aromatic rings. The molecule has 0 bridgehead atoms. The van der Waals surface area contributed by atoms with Gasteiger partial charge in [-0.2, -0.15) is 0 Å². The van der Waals surface area contributed by atoms with Crippen LogP contribution in [0.25, 0.3) is 0 Å². The molecule has 1 heterocycles. The van der Waals surface area contributed by atoms with Crippen LogP contribution in [0.2, 0.25) is 0 Å². The van der Waals surface area contributed by atoms with Crippen molar-refractivity contribution in [3.05, 3.63) is 28.2 Å². The van der Waals surface area contributed by atoms with Gasteiger partial charge in [-0.25, -0.2) is 0 Å². The summed E-state index contributed by atoms with van der Waals surface area (Å²) in [6.07, 6.45) is 2.01. The van der Waals surface area contributed by atoms with Gasteiger partial charge in [-0.05, 0) is 37.5 Å². The maximum Gasteiger partial charge on any atom is 0.245 e. The molecule has 2 aliphatic rings. The third-order valence-electron chi connectivity index (χ3n) is 5.49. The summed E-state index contributed by atoms with van der Waals surface area (Å²) in [4.78, 5) is 12.9. The van der Waals surface area contributed by atoms with E-state index >= 15 is 0 Å². The summed E-state index contributed by atoms with van der Waals surface area (Å²) < 4.78 is 6.83. The Balaban J connectivity index is 1.83. The van der Waals surface area contributed by atoms with Crippen molar-refractivity contribution in [1.29, 1.82) is 0 Å². The van der Waals surface area contributed by atoms with Crippen LogP contribution < -0.4 is 11.1 Å². The van der Waals surface area contributed by atoms with E-state index in [-0.39, 0.29) is 23.3 Å². The van der Waals surface area contributed by atoms with Crippen LogP contribution in [-0.4, -0.2) is 24.2 Å². The molecule has 1 aliphatic carbocycles. The minimum absolute atomic E-state index is 0.0850. The molecule has 1 amide bonds. The van der Waals surface area contributed by atoms with E-state index in [9.17, 15) is 4.79 Å². The lowest BCUT2D eigenvalue weighted by molar-refractivity contribution is -0.222. The molecule has 1 saturated carbocycles. The molecule has 0 aromatic heterocycles. The zero-order chi connectivity index (χ0) is 16.1. The van der Waals surface area contributed by atoms with Crippen molar-refractivity contribution in [3.8, 4) is 0 Å². The fraction of sp³-hybridized carbons (Fsp3) is 0.588. The van der Waals surface area contributed by atoms with Gasteiger partial charge in [0.2, 0.25) is 5.91 Å². The number of nitrogens with two attached hydrogens (primary N) is 1. The Bertz CT molecular complexity index is 617. The highest BCUT2D eigenvalue weighted by molar-refractivity contribution is 9.10. The predicted octanol–water partition coefficient (Wildman–Crippen LogP) is 3.23. The first-order valence-electron chi connectivity index (χ1n) is 7.76. The van der Waals surface area contributed by atoms with Crippen molar-refractivity contribution in [1.82, 2.24) is 0 Å². The van der Waals surface area contributed by atoms with Gasteiger partial charge in [-0.1, -0.05) is 35.8 Å². The number of nitrogens with one attached hydrogen (secondary N) is 1. The smallest absolute Gasteiger partial charge is 0.245 e. The van der Waals surface area contributed by atoms with Crippen LogP contribution in [-0.2, 0) is 9.53 Å². The summed E-state index contributed by atoms with van der Waals surface area (Å²) in [6.45, 7) is 6.85. The Hall–Kier alpha value is -0.910. The molecule has 3 rings (SSSR count). The van der Waals surface area contributed by atoms with Crippen LogP contribution in [0.4, 0.5) is 5.69 Å². The van der Waals surface area contributed by atoms with Gasteiger partial charge in [0.25, 0.3) is 0 Å². The Morgan fingerprint density at radius 1 is 1.45 bits per heavy atom. The van der Waals surface area contributed by atoms with Crippen LogP contribution in [0.3, 0.4) is 0 Å². The van der Waals surface area contributed by atoms with Crippen molar-refractivity contribution in [2.75, 3.05) is 11.9 Å². The maximum atomic E-state index is 12.9. The molecule has 5 heteroatoms. The van der Waals surface area contributed by atoms with E-state index < -0.39 is 5.54 Å². The fourth-order valence-corrected chi connectivity index (χ4v) is 4.32. The number of hydrogen-bond donors (Lipinski definition) is 2. The molecule has 1 aliphatic heterocycles. The number of anilines is 1. The second kappa shape index (κ2) is 5.32. The van der Waals surface area contributed by atoms with Crippen molar-refractivity contribution >= 4 is 27.5 Å². The van der Waals surface area contributed by atoms with E-state index in [4.69, 9.17) is 10.5 Å². The number of carbonyl (C=O) groups excluding carboxylic acids is 1. The number of rotatable bonds is 2. The van der Waals surface area contributed by atoms with Gasteiger partial charge >= 0.3 is 0 Å². The van der Waals surface area contributed by atoms with Crippen LogP contribution in [0.1, 0.15) is 32.3 Å². The van der Waals surface area contributed by atoms with E-state index in [0.717, 1.165) is 35.2 Å². The number of fused-ring (bicyclic) bond motifs is 1. The monoisotopic (exact) mass is 366 g/mol. The zero-order valence-electron chi connectivity index (χ0n) is 13.3. The van der Waals surface area contributed by atoms with Gasteiger partial charge in [-0.15, -0.1) is 0 Å². The van der Waals surface area contributed by atoms with Crippen molar-refractivity contribution in [2.24, 2.45) is 17.1 Å². The highest BCUT2D eigenvalue weighted by atomic mass is 79.9. The maximum absolute atomic E-state index is 12.9. The second-order valence-corrected chi connectivity index (χ2v) is 7.90. The Morgan fingerprint density at radius 3 is 2.86 bits per heavy atom. The molecular formula is C17H23BrN2O2. The molecular weight excluding hydrogens is 344 g/mol. The van der Waals surface area contributed by atoms with Crippen molar-refractivity contribution in [2.45, 2.75) is 45.3 Å². The quantitative estimate of drug-likeness (QED) is 0.844. The molecule has 22 heavy (non-hydrogen) atoms. The number of amides is 1. The van der Waals surface area contributed by atoms with Crippen LogP contribution in [0, 0.1) is 18.3 Å². The lowest BCUT2D eigenvalue weighted by atomic mass is 9.46. The fourth-order valence-electron chi connectivity index (χ4n) is 3.94. The van der Waals surface area contributed by atoms with Gasteiger partial charge < -0.3 is 15.8 Å². The first kappa shape index (κ1) is 16.0. The number of benzene rings is 1. The number of ether oxygens (including phenoxy) is 1. The van der Waals surface area contributed by atoms with E-state index in [1.165, 1.54) is 0 Å². The Kier molecular flexibility index (Phi) is 3.86. The molecule has 3 atom stereocenters. The summed E-state index contributed by atoms with van der Waals surface area (Å²) >= 11 is 3.49. The summed E-state index contributed by atoms with van der Waals surface area (Å²) in [7, 11) is 0. The molecule has 4 nitrogen and oxygen atoms in total. The second-order valence-electron chi connectivity index (χ2n) is 7.05. The topological polar surface area (TPSA) is 64.4 Å². The standard InChI is InChI=1S/C17H23BrN2O2/c1-10-6-7-11(9-13(10)18)20-15(21)17(19)12-5-4-8-22-14(12)16(17,2)3/h6-7,9,12,14H,4-5,8,19H2,1-3H3,(H,20,21). The van der Waals surface area contributed by atoms with Crippen LogP contribution >= 0.6 is 15.9 Å². The highest BCUT2D eigenvalue weighted by Gasteiger charge is 2.70. The van der Waals surface area contributed by atoms with Gasteiger partial charge in [0.05, 0.1) is 6.10 Å². The number of halogens is 1. The van der Waals surface area contributed by atoms with Gasteiger partial charge in [-0.3, -0.25) is 4.79 Å². The van der Waals surface area contributed by atoms with Crippen LogP contribution in [0.5, 0.6) is 0 Å². The molecule has 3 unspecified atom stereocenters. The molecule has 0 radical (unpaired) electrons. The minimum atomic E-state index is -0.880. The normalized spacial score (nSPS) is 32.8. The van der Waals surface area contributed by atoms with Gasteiger partial charge in [0.1, 0.15) is 5.54 Å². The first-order chi connectivity index (χ1) is 10.3. The van der Waals surface area contributed by atoms with E-state index in [1.54, 1.807) is 0 Å². The SMILES string of the molecule is Cc1ccc(NC(=O)C2(N)C3CCCOC3C2(C)C)cc1Br. The molecule has 2 fully saturated rings. The summed E-state index contributed by atoms with van der Waals surface area (Å²) in [5.74, 6) is -0.00913. The summed E-state index contributed by atoms with van der Waals surface area (Å²) in [5, 5.41) is 2.99. The average molecular weight is 367 g/mol. The molecule has 0 spiro atoms. The van der Waals surface area contributed by atoms with Gasteiger partial charge in [0.15, 0.2) is 0 Å². The van der Waals surface area contributed by atoms with Crippen LogP contribution in [0.15, 0.2) is 22.7 Å². The molecule has 1 saturated heterocycles. The lowest BCUT2D eigenvalue weighted by Crippen LogP contribution is -2.81. The van der Waals surface area contributed by atoms with Gasteiger partial charge in [0, 0.05) is 28.1 Å². The Labute approximate surface area is 139 Å². The molecule has 3 N–H and O–H groups in total. The van der Waals surface area contributed by atoms with Crippen molar-refractivity contribution < 1.29 is 9.53 Å². The van der Waals surface area contributed by atoms with E-state index in [1.807, 2.05) is 39.0 Å². The molecule has 1 aromatic carbocycles. The largest absolute Gasteiger partial charge is 0.377 e. The van der Waals surface area contributed by atoms with E-state index in [0.29, 0.717) is 0 Å². The highest BCUT2D eigenvalue weighted by Crippen LogP contribution is 2.57. The number of aryl methyl sites for hydroxylation is 1.